The Bertz CT molecular complexity index is 2890. The minimum Gasteiger partial charge on any atom is -0.493 e. The molecule has 2 N–H and O–H groups in total. The maximum Gasteiger partial charge on any atom is 0.260 e. The Morgan fingerprint density at radius 3 is 1.84 bits per heavy atom. The molecule has 4 aromatic rings. The summed E-state index contributed by atoms with van der Waals surface area (Å²) in [6.45, 7) is 15.0. The van der Waals surface area contributed by atoms with Crippen LogP contribution in [0, 0.1) is 11.8 Å². The molecule has 16 nitrogen and oxygen atoms in total. The van der Waals surface area contributed by atoms with E-state index in [-0.39, 0.29) is 74.9 Å². The van der Waals surface area contributed by atoms with Gasteiger partial charge in [-0.15, -0.1) is 0 Å². The predicted molar refractivity (Wildman–Crippen MR) is 294 cm³/mol. The summed E-state index contributed by atoms with van der Waals surface area (Å²) in [4.78, 5) is 63.2. The number of fused-ring (bicyclic) bond motifs is 5. The molecule has 0 bridgehead atoms. The molecule has 3 amide bonds. The number of allylic oxidation sites excluding steroid dienone is 2. The van der Waals surface area contributed by atoms with Crippen LogP contribution in [0.2, 0.25) is 51.4 Å². The zero-order chi connectivity index (χ0) is 53.2. The lowest BCUT2D eigenvalue weighted by atomic mass is 9.73. The number of anilines is 3. The third kappa shape index (κ3) is 11.9. The van der Waals surface area contributed by atoms with Gasteiger partial charge in [0.2, 0.25) is 12.7 Å². The highest BCUT2D eigenvalue weighted by Crippen LogP contribution is 2.46. The summed E-state index contributed by atoms with van der Waals surface area (Å²) < 4.78 is 48.1. The molecular weight excluding hydrogens is 989 g/mol. The molecule has 9 rings (SSSR count). The van der Waals surface area contributed by atoms with Gasteiger partial charge in [-0.05, 0) is 89.5 Å². The number of nitrogen functional groups attached to an aromatic ring is 1. The van der Waals surface area contributed by atoms with Crippen molar-refractivity contribution < 1.29 is 57.1 Å². The second-order valence-electron chi connectivity index (χ2n) is 22.3. The first-order chi connectivity index (χ1) is 35.9. The van der Waals surface area contributed by atoms with Gasteiger partial charge < -0.3 is 48.5 Å². The number of Topliss-reactive ketones (excluding diaryl/α,β-unsaturated/α-hetero) is 1. The largest absolute Gasteiger partial charge is 0.493 e. The van der Waals surface area contributed by atoms with E-state index in [0.717, 1.165) is 34.4 Å². The average Bonchev–Trinajstić information content (AvgIpc) is 4.04. The zero-order valence-corrected chi connectivity index (χ0v) is 46.5. The number of carbonyl (C=O) groups excluding carboxylic acids is 4. The second-order valence-corrected chi connectivity index (χ2v) is 33.5. The van der Waals surface area contributed by atoms with Gasteiger partial charge in [0.1, 0.15) is 19.5 Å². The summed E-state index contributed by atoms with van der Waals surface area (Å²) in [5.41, 5.74) is 11.8. The molecule has 0 fully saturated rings. The number of ketones is 1. The zero-order valence-electron chi connectivity index (χ0n) is 44.5. The van der Waals surface area contributed by atoms with Crippen LogP contribution in [0.3, 0.4) is 0 Å². The van der Waals surface area contributed by atoms with E-state index < -0.39 is 28.1 Å². The highest BCUT2D eigenvalue weighted by atomic mass is 28.3. The molecule has 4 heterocycles. The first-order valence-electron chi connectivity index (χ1n) is 25.9. The second kappa shape index (κ2) is 22.3. The minimum atomic E-state index is -1.46. The Balaban J connectivity index is 0.937. The molecule has 1 unspecified atom stereocenters. The fourth-order valence-corrected chi connectivity index (χ4v) is 11.6. The Morgan fingerprint density at radius 1 is 0.627 bits per heavy atom. The molecule has 75 heavy (non-hydrogen) atoms. The summed E-state index contributed by atoms with van der Waals surface area (Å²) in [6, 6.07) is 21.0. The number of methoxy groups -OCH3 is 2. The van der Waals surface area contributed by atoms with Crippen LogP contribution in [0.1, 0.15) is 63.9 Å². The molecule has 3 atom stereocenters. The Hall–Kier alpha value is -6.61. The van der Waals surface area contributed by atoms with Crippen LogP contribution in [-0.4, -0.2) is 111 Å². The number of nitrogens with zero attached hydrogens (tertiary/aromatic N) is 3. The van der Waals surface area contributed by atoms with Crippen LogP contribution in [0.15, 0.2) is 79.0 Å². The minimum absolute atomic E-state index is 0.0211. The van der Waals surface area contributed by atoms with E-state index in [0.29, 0.717) is 96.0 Å². The van der Waals surface area contributed by atoms with Gasteiger partial charge in [-0.25, -0.2) is 0 Å². The lowest BCUT2D eigenvalue weighted by Gasteiger charge is -2.37. The van der Waals surface area contributed by atoms with Gasteiger partial charge in [-0.3, -0.25) is 29.0 Å². The van der Waals surface area contributed by atoms with Crippen LogP contribution in [0.5, 0.6) is 34.5 Å². The summed E-state index contributed by atoms with van der Waals surface area (Å²) in [5.74, 6) is 1.15. The highest BCUT2D eigenvalue weighted by molar-refractivity contribution is 6.76. The van der Waals surface area contributed by atoms with Crippen LogP contribution in [0.4, 0.5) is 17.1 Å². The first-order valence-corrected chi connectivity index (χ1v) is 33.3. The SMILES string of the molecule is COc1cc2c(cc1OCCCOc1cc3c(cc1OC)C(=O)N1C=C(c4ccc5c(c4)OCO5)C[C@H]1C(=O)N3COCC[Si](C)(C)C)N(COCC[Si](C)(C)C)C(=O)[C@@H]1CC(c3ccc(N)cc3)=CCC1CC2=O. The number of ether oxygens (including phenoxy) is 8. The van der Waals surface area contributed by atoms with Crippen molar-refractivity contribution in [3.8, 4) is 34.5 Å². The molecule has 0 saturated heterocycles. The van der Waals surface area contributed by atoms with Gasteiger partial charge in [0, 0.05) is 84.1 Å². The van der Waals surface area contributed by atoms with E-state index in [1.54, 1.807) is 40.3 Å². The number of hydrogen-bond donors (Lipinski definition) is 1. The van der Waals surface area contributed by atoms with Crippen LogP contribution in [-0.2, 0) is 19.1 Å². The van der Waals surface area contributed by atoms with Crippen molar-refractivity contribution in [2.45, 2.75) is 89.5 Å². The molecule has 18 heteroatoms. The quantitative estimate of drug-likeness (QED) is 0.0503. The molecule has 5 aliphatic rings. The summed E-state index contributed by atoms with van der Waals surface area (Å²) in [6.07, 6.45) is 5.85. The van der Waals surface area contributed by atoms with Crippen molar-refractivity contribution in [1.82, 2.24) is 4.90 Å². The summed E-state index contributed by atoms with van der Waals surface area (Å²) in [7, 11) is 0.112. The molecule has 1 aliphatic carbocycles. The number of nitrogens with two attached hydrogens (primary N) is 1. The van der Waals surface area contributed by atoms with Crippen molar-refractivity contribution in [1.29, 1.82) is 0 Å². The molecule has 4 aliphatic heterocycles. The van der Waals surface area contributed by atoms with Crippen molar-refractivity contribution in [2.75, 3.05) is 76.4 Å². The van der Waals surface area contributed by atoms with Gasteiger partial charge in [-0.1, -0.05) is 63.6 Å². The normalized spacial score (nSPS) is 19.3. The van der Waals surface area contributed by atoms with Gasteiger partial charge in [-0.2, -0.15) is 0 Å². The van der Waals surface area contributed by atoms with E-state index in [2.05, 4.69) is 45.4 Å². The molecule has 0 aromatic heterocycles. The number of amides is 3. The monoisotopic (exact) mass is 1060 g/mol. The topological polar surface area (TPSA) is 178 Å². The fraction of sp³-hybridized carbons (Fsp3) is 0.439. The molecule has 0 spiro atoms. The van der Waals surface area contributed by atoms with Gasteiger partial charge in [0.25, 0.3) is 11.8 Å². The number of carbonyl (C=O) groups is 4. The summed E-state index contributed by atoms with van der Waals surface area (Å²) >= 11 is 0. The lowest BCUT2D eigenvalue weighted by Crippen LogP contribution is -2.45. The van der Waals surface area contributed by atoms with E-state index in [1.165, 1.54) is 19.1 Å². The van der Waals surface area contributed by atoms with E-state index in [4.69, 9.17) is 43.6 Å². The number of hydrogen-bond acceptors (Lipinski definition) is 13. The predicted octanol–water partition coefficient (Wildman–Crippen LogP) is 10.1. The van der Waals surface area contributed by atoms with Gasteiger partial charge >= 0.3 is 0 Å². The Kier molecular flexibility index (Phi) is 15.8. The van der Waals surface area contributed by atoms with Crippen LogP contribution >= 0.6 is 0 Å². The molecular formula is C57H70N4O12Si2. The molecule has 4 aromatic carbocycles. The smallest absolute Gasteiger partial charge is 0.260 e. The van der Waals surface area contributed by atoms with Crippen molar-refractivity contribution in [3.05, 3.63) is 101 Å². The van der Waals surface area contributed by atoms with Crippen molar-refractivity contribution in [3.63, 3.8) is 0 Å². The molecule has 0 radical (unpaired) electrons. The number of rotatable bonds is 20. The van der Waals surface area contributed by atoms with E-state index in [9.17, 15) is 19.2 Å². The average molecular weight is 1060 g/mol. The number of benzene rings is 4. The van der Waals surface area contributed by atoms with Gasteiger partial charge in [0.05, 0.1) is 44.4 Å². The highest BCUT2D eigenvalue weighted by Gasteiger charge is 2.44. The Morgan fingerprint density at radius 2 is 1.21 bits per heavy atom. The third-order valence-electron chi connectivity index (χ3n) is 14.5. The maximum absolute atomic E-state index is 14.9. The van der Waals surface area contributed by atoms with Gasteiger partial charge in [0.15, 0.2) is 40.3 Å². The van der Waals surface area contributed by atoms with E-state index in [1.807, 2.05) is 42.5 Å². The lowest BCUT2D eigenvalue weighted by molar-refractivity contribution is -0.125. The van der Waals surface area contributed by atoms with Crippen molar-refractivity contribution in [2.24, 2.45) is 11.8 Å². The Labute approximate surface area is 441 Å². The molecule has 0 saturated carbocycles. The van der Waals surface area contributed by atoms with Crippen LogP contribution < -0.4 is 44.0 Å². The fourth-order valence-electron chi connectivity index (χ4n) is 10.1. The third-order valence-corrected chi connectivity index (χ3v) is 17.9. The summed E-state index contributed by atoms with van der Waals surface area (Å²) in [5, 5.41) is 0. The van der Waals surface area contributed by atoms with E-state index >= 15 is 0 Å². The first kappa shape index (κ1) is 53.2. The van der Waals surface area contributed by atoms with Crippen molar-refractivity contribution >= 4 is 67.9 Å². The maximum atomic E-state index is 14.9. The molecule has 398 valence electrons. The standard InChI is InChI=1S/C57H70N4O12Si2/c1-66-50-28-43-45(60(33-68-20-22-74(3,4)5)55(63)42-24-37(10-11-39(42)26-48(43)62)36-12-15-41(58)16-13-36)30-53(50)70-18-9-19-71-54-31-46-44(29-51(54)67-2)56(64)59-32-40(38-14-17-49-52(27-38)73-35-72-49)25-47(59)57(65)61(46)34-69-21-23-75(6,7)8/h10,12-17,27-32,39,42,47H,9,11,18-26,33-35,58H2,1-8H3/t39?,42-,47+/m1/s1. The van der Waals surface area contributed by atoms with Crippen LogP contribution in [0.25, 0.3) is 11.1 Å².